The fourth-order valence-electron chi connectivity index (χ4n) is 6.75. The number of hydrogen-bond donors (Lipinski definition) is 19. The van der Waals surface area contributed by atoms with Crippen LogP contribution in [0.2, 0.25) is 0 Å². The first kappa shape index (κ1) is 48.6. The minimum absolute atomic E-state index is 0.651. The Labute approximate surface area is 323 Å². The van der Waals surface area contributed by atoms with Crippen LogP contribution in [-0.2, 0) is 37.9 Å². The molecule has 0 radical (unpaired) electrons. The predicted molar refractivity (Wildman–Crippen MR) is 176 cm³/mol. The van der Waals surface area contributed by atoms with Gasteiger partial charge in [0.05, 0.1) is 51.2 Å². The topological polar surface area (TPSA) is 476 Å². The maximum atomic E-state index is 10.8. The van der Waals surface area contributed by atoms with Gasteiger partial charge in [0.25, 0.3) is 0 Å². The second-order valence-electron chi connectivity index (χ2n) is 14.1. The van der Waals surface area contributed by atoms with Crippen LogP contribution < -0.4 is 17.2 Å². The number of hydrogen-bond acceptors (Lipinski definition) is 27. The molecule has 27 nitrogen and oxygen atoms in total. The van der Waals surface area contributed by atoms with Crippen LogP contribution in [0.5, 0.6) is 0 Å². The molecule has 5 aliphatic rings. The number of rotatable bonds is 11. The van der Waals surface area contributed by atoms with Crippen LogP contribution in [0.25, 0.3) is 0 Å². The molecular weight excluding hydrogens is 786 g/mol. The van der Waals surface area contributed by atoms with E-state index in [1.54, 1.807) is 0 Å². The number of ether oxygens (including phenoxy) is 8. The average Bonchev–Trinajstić information content (AvgIpc) is 3.20. The maximum Gasteiger partial charge on any atom is 0.187 e. The number of nitrogens with two attached hydrogens (primary N) is 3. The Morgan fingerprint density at radius 3 is 1.16 bits per heavy atom. The van der Waals surface area contributed by atoms with Crippen molar-refractivity contribution in [3.63, 3.8) is 0 Å². The second-order valence-corrected chi connectivity index (χ2v) is 14.1. The summed E-state index contributed by atoms with van der Waals surface area (Å²) in [7, 11) is 0. The fraction of sp³-hybridized carbons (Fsp3) is 1.00. The molecule has 8 unspecified atom stereocenters. The zero-order valence-corrected chi connectivity index (χ0v) is 30.1. The largest absolute Gasteiger partial charge is 0.394 e. The van der Waals surface area contributed by atoms with E-state index in [1.165, 1.54) is 0 Å². The van der Waals surface area contributed by atoms with Gasteiger partial charge in [-0.25, -0.2) is 0 Å². The van der Waals surface area contributed by atoms with Crippen molar-refractivity contribution in [1.29, 1.82) is 0 Å². The van der Waals surface area contributed by atoms with Crippen molar-refractivity contribution in [2.75, 3.05) is 33.0 Å². The van der Waals surface area contributed by atoms with Crippen LogP contribution in [0.15, 0.2) is 0 Å². The van der Waals surface area contributed by atoms with E-state index in [0.29, 0.717) is 0 Å². The predicted octanol–water partition coefficient (Wildman–Crippen LogP) is -13.1. The first-order valence-electron chi connectivity index (χ1n) is 17.9. The molecule has 0 aliphatic carbocycles. The molecular formula is C30H57N3O24. The standard InChI is InChI=1S/C18H35N3O13.C12H22O11/c19-7-12(27)14(5(2-23)30-16(7)29)33-18-9(21)13(28)15(6(3-24)32-18)34-17-8(20)11(26)10(25)4(1-22)31-17;13-1-3-5(15)6(16)9(19)12(22-3)23-10-4(2-14)21-11(20)8(18)7(10)17/h4-18,22-29H,1-3,19-21H2;3-20H,1-2H2/t4-,5-,6-,7?,8-,9?,10-,11-,12?,13-,14?,15?,16?,17+,18+;3-,4-,5+,6+,7-,8?,9-,10-,11?,12+/m11/s1. The summed E-state index contributed by atoms with van der Waals surface area (Å²) in [6.07, 6.45) is -32.4. The van der Waals surface area contributed by atoms with Crippen molar-refractivity contribution in [2.24, 2.45) is 17.2 Å². The molecule has 5 aliphatic heterocycles. The van der Waals surface area contributed by atoms with E-state index in [2.05, 4.69) is 0 Å². The molecule has 0 aromatic rings. The van der Waals surface area contributed by atoms with Crippen molar-refractivity contribution < 1.29 is 120 Å². The van der Waals surface area contributed by atoms with Crippen LogP contribution in [0, 0.1) is 0 Å². The highest BCUT2D eigenvalue weighted by atomic mass is 16.7. The van der Waals surface area contributed by atoms with Gasteiger partial charge in [0.15, 0.2) is 31.5 Å². The molecule has 0 aromatic carbocycles. The maximum absolute atomic E-state index is 10.8. The molecule has 0 saturated carbocycles. The quantitative estimate of drug-likeness (QED) is 0.0918. The monoisotopic (exact) mass is 843 g/mol. The summed E-state index contributed by atoms with van der Waals surface area (Å²) in [5.74, 6) is 0. The van der Waals surface area contributed by atoms with Gasteiger partial charge in [-0.1, -0.05) is 0 Å². The lowest BCUT2D eigenvalue weighted by molar-refractivity contribution is -0.355. The molecule has 22 N–H and O–H groups in total. The third-order valence-corrected chi connectivity index (χ3v) is 10.3. The molecule has 27 heteroatoms. The molecule has 5 heterocycles. The summed E-state index contributed by atoms with van der Waals surface area (Å²) in [5, 5.41) is 156. The second kappa shape index (κ2) is 21.1. The van der Waals surface area contributed by atoms with Crippen molar-refractivity contribution in [3.05, 3.63) is 0 Å². The highest BCUT2D eigenvalue weighted by Gasteiger charge is 2.53. The highest BCUT2D eigenvalue weighted by Crippen LogP contribution is 2.32. The lowest BCUT2D eigenvalue weighted by Gasteiger charge is -2.48. The summed E-state index contributed by atoms with van der Waals surface area (Å²) >= 11 is 0. The van der Waals surface area contributed by atoms with Gasteiger partial charge >= 0.3 is 0 Å². The Morgan fingerprint density at radius 2 is 0.667 bits per heavy atom. The van der Waals surface area contributed by atoms with Crippen molar-refractivity contribution in [3.8, 4) is 0 Å². The molecule has 5 fully saturated rings. The van der Waals surface area contributed by atoms with Gasteiger partial charge in [0.2, 0.25) is 0 Å². The van der Waals surface area contributed by atoms with Crippen LogP contribution in [0.4, 0.5) is 0 Å². The van der Waals surface area contributed by atoms with Crippen LogP contribution in [0.3, 0.4) is 0 Å². The van der Waals surface area contributed by atoms with Crippen molar-refractivity contribution >= 4 is 0 Å². The Balaban J connectivity index is 0.000000273. The summed E-state index contributed by atoms with van der Waals surface area (Å²) in [6.45, 7) is -3.34. The molecule has 0 spiro atoms. The lowest BCUT2D eigenvalue weighted by Crippen LogP contribution is -2.69. The van der Waals surface area contributed by atoms with E-state index in [9.17, 15) is 76.6 Å². The molecule has 0 amide bonds. The van der Waals surface area contributed by atoms with E-state index in [1.807, 2.05) is 0 Å². The Hall–Kier alpha value is -1.08. The van der Waals surface area contributed by atoms with E-state index in [0.717, 1.165) is 0 Å². The average molecular weight is 844 g/mol. The first-order valence-corrected chi connectivity index (χ1v) is 17.9. The van der Waals surface area contributed by atoms with Crippen LogP contribution in [0.1, 0.15) is 0 Å². The minimum atomic E-state index is -1.74. The van der Waals surface area contributed by atoms with Gasteiger partial charge in [0.1, 0.15) is 104 Å². The van der Waals surface area contributed by atoms with Gasteiger partial charge in [-0.05, 0) is 0 Å². The normalized spacial score (nSPS) is 52.2. The molecule has 25 atom stereocenters. The number of aliphatic hydroxyl groups excluding tert-OH is 16. The van der Waals surface area contributed by atoms with E-state index < -0.39 is 186 Å². The van der Waals surface area contributed by atoms with Gasteiger partial charge < -0.3 is 137 Å². The smallest absolute Gasteiger partial charge is 0.187 e. The third kappa shape index (κ3) is 10.5. The van der Waals surface area contributed by atoms with Gasteiger partial charge in [-0.3, -0.25) is 0 Å². The van der Waals surface area contributed by atoms with Crippen molar-refractivity contribution in [2.45, 2.75) is 153 Å². The Morgan fingerprint density at radius 1 is 0.316 bits per heavy atom. The molecule has 0 aromatic heterocycles. The lowest BCUT2D eigenvalue weighted by atomic mass is 9.94. The third-order valence-electron chi connectivity index (χ3n) is 10.3. The van der Waals surface area contributed by atoms with E-state index in [4.69, 9.17) is 60.2 Å². The molecule has 5 rings (SSSR count). The first-order chi connectivity index (χ1) is 26.9. The SMILES string of the molecule is NC1C(O)O[C@H](CO)C(O[C@@H]2O[C@H](CO)C(O[C@@H]3O[C@H](CO)[C@@H](O)[C@H](O)[C@H]3N)[C@H](O)C2N)C1O.OC[C@H]1O[C@@H](O[C@H]2[C@H](O)C(O)C(O)O[C@@H]2CO)[C@H](O)[C@@H](O)[C@H]1O. The zero-order valence-electron chi connectivity index (χ0n) is 30.1. The highest BCUT2D eigenvalue weighted by molar-refractivity contribution is 4.99. The summed E-state index contributed by atoms with van der Waals surface area (Å²) in [6, 6.07) is -3.87. The zero-order chi connectivity index (χ0) is 42.6. The molecule has 0 bridgehead atoms. The van der Waals surface area contributed by atoms with E-state index >= 15 is 0 Å². The fourth-order valence-corrected chi connectivity index (χ4v) is 6.75. The summed E-state index contributed by atoms with van der Waals surface area (Å²) in [5.41, 5.74) is 17.6. The Bertz CT molecular complexity index is 1200. The van der Waals surface area contributed by atoms with Gasteiger partial charge in [0, 0.05) is 0 Å². The summed E-state index contributed by atoms with van der Waals surface area (Å²) < 4.78 is 42.7. The molecule has 5 saturated heterocycles. The number of aliphatic hydroxyl groups is 16. The molecule has 336 valence electrons. The molecule has 57 heavy (non-hydrogen) atoms. The van der Waals surface area contributed by atoms with E-state index in [-0.39, 0.29) is 0 Å². The van der Waals surface area contributed by atoms with Crippen LogP contribution in [-0.4, -0.2) is 268 Å². The Kier molecular flexibility index (Phi) is 18.0. The van der Waals surface area contributed by atoms with Gasteiger partial charge in [-0.2, -0.15) is 0 Å². The van der Waals surface area contributed by atoms with Crippen molar-refractivity contribution in [1.82, 2.24) is 0 Å². The van der Waals surface area contributed by atoms with Gasteiger partial charge in [-0.15, -0.1) is 0 Å². The summed E-state index contributed by atoms with van der Waals surface area (Å²) in [4.78, 5) is 0. The minimum Gasteiger partial charge on any atom is -0.394 e. The van der Waals surface area contributed by atoms with Crippen LogP contribution >= 0.6 is 0 Å².